The van der Waals surface area contributed by atoms with Crippen molar-refractivity contribution in [1.29, 1.82) is 0 Å². The van der Waals surface area contributed by atoms with Gasteiger partial charge in [0, 0.05) is 52.4 Å². The molecule has 0 saturated carbocycles. The molecule has 0 aliphatic carbocycles. The van der Waals surface area contributed by atoms with Gasteiger partial charge in [-0.05, 0) is 25.7 Å². The fourth-order valence-electron chi connectivity index (χ4n) is 3.06. The fraction of sp³-hybridized carbons (Fsp3) is 0.750. The lowest BCUT2D eigenvalue weighted by Gasteiger charge is -2.22. The summed E-state index contributed by atoms with van der Waals surface area (Å²) in [6.07, 6.45) is 6.69. The van der Waals surface area contributed by atoms with Gasteiger partial charge in [-0.3, -0.25) is 14.5 Å². The number of hydrogen-bond acceptors (Lipinski definition) is 4. The Bertz CT molecular complexity index is 601. The summed E-state index contributed by atoms with van der Waals surface area (Å²) in [5.74, 6) is 1.20. The van der Waals surface area contributed by atoms with Crippen molar-refractivity contribution in [2.45, 2.75) is 65.3 Å². The number of guanidine groups is 1. The van der Waals surface area contributed by atoms with Gasteiger partial charge in [0.2, 0.25) is 0 Å². The average molecular weight is 507 g/mol. The third-order valence-corrected chi connectivity index (χ3v) is 4.36. The SMILES string of the molecule is CCOC(=O)CCCCCCNC(=NC)N(C)Cc1cn(C)nc1C(C)C.I. The lowest BCUT2D eigenvalue weighted by atomic mass is 10.1. The molecule has 0 amide bonds. The second kappa shape index (κ2) is 14.6. The van der Waals surface area contributed by atoms with Crippen LogP contribution in [0.2, 0.25) is 0 Å². The van der Waals surface area contributed by atoms with Crippen molar-refractivity contribution < 1.29 is 9.53 Å². The van der Waals surface area contributed by atoms with Gasteiger partial charge < -0.3 is 15.0 Å². The van der Waals surface area contributed by atoms with E-state index in [1.165, 1.54) is 5.56 Å². The van der Waals surface area contributed by atoms with Gasteiger partial charge in [-0.1, -0.05) is 26.7 Å². The summed E-state index contributed by atoms with van der Waals surface area (Å²) in [6.45, 7) is 8.29. The Morgan fingerprint density at radius 1 is 1.32 bits per heavy atom. The van der Waals surface area contributed by atoms with Crippen LogP contribution in [0.25, 0.3) is 0 Å². The molecule has 1 N–H and O–H groups in total. The second-order valence-electron chi connectivity index (χ2n) is 7.17. The lowest BCUT2D eigenvalue weighted by molar-refractivity contribution is -0.143. The average Bonchev–Trinajstić information content (AvgIpc) is 2.98. The second-order valence-corrected chi connectivity index (χ2v) is 7.17. The van der Waals surface area contributed by atoms with Crippen LogP contribution in [0.3, 0.4) is 0 Å². The molecule has 0 aromatic carbocycles. The number of aliphatic imine (C=N–C) groups is 1. The normalized spacial score (nSPS) is 11.3. The Morgan fingerprint density at radius 2 is 2.00 bits per heavy atom. The van der Waals surface area contributed by atoms with E-state index in [9.17, 15) is 4.79 Å². The number of halogens is 1. The molecule has 0 bridgehead atoms. The van der Waals surface area contributed by atoms with Gasteiger partial charge in [-0.25, -0.2) is 0 Å². The zero-order valence-electron chi connectivity index (χ0n) is 18.3. The molecule has 0 spiro atoms. The fourth-order valence-corrected chi connectivity index (χ4v) is 3.06. The van der Waals surface area contributed by atoms with Gasteiger partial charge in [0.05, 0.1) is 12.3 Å². The number of esters is 1. The Hall–Kier alpha value is -1.32. The minimum absolute atomic E-state index is 0. The number of aryl methyl sites for hydroxylation is 1. The molecule has 28 heavy (non-hydrogen) atoms. The first-order chi connectivity index (χ1) is 12.9. The number of hydrogen-bond donors (Lipinski definition) is 1. The highest BCUT2D eigenvalue weighted by Crippen LogP contribution is 2.18. The number of rotatable bonds is 11. The highest BCUT2D eigenvalue weighted by Gasteiger charge is 2.14. The molecule has 1 rings (SSSR count). The summed E-state index contributed by atoms with van der Waals surface area (Å²) in [7, 11) is 5.82. The first kappa shape index (κ1) is 26.7. The predicted octanol–water partition coefficient (Wildman–Crippen LogP) is 3.68. The Labute approximate surface area is 187 Å². The van der Waals surface area contributed by atoms with Gasteiger partial charge in [-0.15, -0.1) is 24.0 Å². The number of unbranched alkanes of at least 4 members (excludes halogenated alkanes) is 3. The number of aromatic nitrogens is 2. The van der Waals surface area contributed by atoms with E-state index in [0.29, 0.717) is 18.9 Å². The number of carbonyl (C=O) groups is 1. The molecule has 0 radical (unpaired) electrons. The number of carbonyl (C=O) groups excluding carboxylic acids is 1. The van der Waals surface area contributed by atoms with Crippen LogP contribution in [-0.4, -0.2) is 53.9 Å². The van der Waals surface area contributed by atoms with E-state index in [1.807, 2.05) is 32.7 Å². The summed E-state index contributed by atoms with van der Waals surface area (Å²) in [5, 5.41) is 8.00. The molecule has 0 saturated heterocycles. The molecule has 7 nitrogen and oxygen atoms in total. The van der Waals surface area contributed by atoms with Crippen molar-refractivity contribution in [3.8, 4) is 0 Å². The van der Waals surface area contributed by atoms with Crippen LogP contribution >= 0.6 is 24.0 Å². The van der Waals surface area contributed by atoms with Crippen molar-refractivity contribution in [3.63, 3.8) is 0 Å². The molecule has 0 unspecified atom stereocenters. The zero-order chi connectivity index (χ0) is 20.2. The smallest absolute Gasteiger partial charge is 0.305 e. The summed E-state index contributed by atoms with van der Waals surface area (Å²) < 4.78 is 6.82. The van der Waals surface area contributed by atoms with Crippen molar-refractivity contribution in [1.82, 2.24) is 20.0 Å². The molecular formula is C20H38IN5O2. The Morgan fingerprint density at radius 3 is 2.61 bits per heavy atom. The Kier molecular flexibility index (Phi) is 14.0. The van der Waals surface area contributed by atoms with Gasteiger partial charge in [0.15, 0.2) is 5.96 Å². The molecule has 162 valence electrons. The molecular weight excluding hydrogens is 469 g/mol. The standard InChI is InChI=1S/C20H37N5O2.HI/c1-7-27-18(26)12-10-8-9-11-13-22-20(21-4)24(5)14-17-15-25(6)23-19(17)16(2)3;/h15-16H,7-14H2,1-6H3,(H,21,22);1H. The monoisotopic (exact) mass is 507 g/mol. The van der Waals surface area contributed by atoms with E-state index < -0.39 is 0 Å². The van der Waals surface area contributed by atoms with Gasteiger partial charge >= 0.3 is 5.97 Å². The van der Waals surface area contributed by atoms with Crippen LogP contribution in [0.5, 0.6) is 0 Å². The summed E-state index contributed by atoms with van der Waals surface area (Å²) in [6, 6.07) is 0. The first-order valence-electron chi connectivity index (χ1n) is 9.98. The highest BCUT2D eigenvalue weighted by molar-refractivity contribution is 14.0. The largest absolute Gasteiger partial charge is 0.466 e. The van der Waals surface area contributed by atoms with E-state index >= 15 is 0 Å². The Balaban J connectivity index is 0.00000729. The maximum atomic E-state index is 11.3. The molecule has 0 fully saturated rings. The van der Waals surface area contributed by atoms with Crippen LogP contribution in [0.15, 0.2) is 11.2 Å². The minimum Gasteiger partial charge on any atom is -0.466 e. The van der Waals surface area contributed by atoms with Crippen LogP contribution in [0.1, 0.15) is 70.1 Å². The number of ether oxygens (including phenoxy) is 1. The van der Waals surface area contributed by atoms with Gasteiger partial charge in [0.25, 0.3) is 0 Å². The van der Waals surface area contributed by atoms with Crippen LogP contribution in [-0.2, 0) is 23.1 Å². The van der Waals surface area contributed by atoms with E-state index in [-0.39, 0.29) is 29.9 Å². The third-order valence-electron chi connectivity index (χ3n) is 4.36. The topological polar surface area (TPSA) is 71.8 Å². The molecule has 0 aliphatic rings. The molecule has 0 aliphatic heterocycles. The van der Waals surface area contributed by atoms with Crippen LogP contribution < -0.4 is 5.32 Å². The van der Waals surface area contributed by atoms with Crippen molar-refractivity contribution in [2.75, 3.05) is 27.2 Å². The third kappa shape index (κ3) is 9.75. The predicted molar refractivity (Wildman–Crippen MR) is 125 cm³/mol. The maximum absolute atomic E-state index is 11.3. The number of nitrogens with zero attached hydrogens (tertiary/aromatic N) is 4. The van der Waals surface area contributed by atoms with Crippen molar-refractivity contribution >= 4 is 35.9 Å². The molecule has 8 heteroatoms. The highest BCUT2D eigenvalue weighted by atomic mass is 127. The van der Waals surface area contributed by atoms with Gasteiger partial charge in [-0.2, -0.15) is 5.10 Å². The van der Waals surface area contributed by atoms with Crippen molar-refractivity contribution in [2.24, 2.45) is 12.0 Å². The lowest BCUT2D eigenvalue weighted by Crippen LogP contribution is -2.39. The summed E-state index contributed by atoms with van der Waals surface area (Å²) in [4.78, 5) is 17.8. The van der Waals surface area contributed by atoms with E-state index in [2.05, 4.69) is 40.4 Å². The molecule has 1 aromatic rings. The molecule has 1 heterocycles. The molecule has 0 atom stereocenters. The number of nitrogens with one attached hydrogen (secondary N) is 1. The summed E-state index contributed by atoms with van der Waals surface area (Å²) >= 11 is 0. The van der Waals surface area contributed by atoms with Crippen LogP contribution in [0, 0.1) is 0 Å². The maximum Gasteiger partial charge on any atom is 0.305 e. The van der Waals surface area contributed by atoms with E-state index in [1.54, 1.807) is 0 Å². The summed E-state index contributed by atoms with van der Waals surface area (Å²) in [5.41, 5.74) is 2.37. The van der Waals surface area contributed by atoms with E-state index in [0.717, 1.165) is 50.4 Å². The molecule has 1 aromatic heterocycles. The first-order valence-corrected chi connectivity index (χ1v) is 9.98. The quantitative estimate of drug-likeness (QED) is 0.163. The van der Waals surface area contributed by atoms with Crippen LogP contribution in [0.4, 0.5) is 0 Å². The minimum atomic E-state index is -0.0891. The zero-order valence-corrected chi connectivity index (χ0v) is 20.7. The van der Waals surface area contributed by atoms with Crippen molar-refractivity contribution in [3.05, 3.63) is 17.5 Å². The van der Waals surface area contributed by atoms with E-state index in [4.69, 9.17) is 4.74 Å². The van der Waals surface area contributed by atoms with Gasteiger partial charge in [0.1, 0.15) is 0 Å².